The van der Waals surface area contributed by atoms with Crippen LogP contribution in [0.4, 0.5) is 0 Å². The van der Waals surface area contributed by atoms with Crippen molar-refractivity contribution in [2.75, 3.05) is 94.3 Å². The first kappa shape index (κ1) is 87.1. The standard InChI is InChI=1S/C13H17NO2S.C12H14BrNO.C11H14O4.C9H10O4.C9H10O3.C4H9NO.C2H6O.CH4.Na.H2O4S.H2O/c1-15-12-4-2-3-11(9-12)10-13(17)14-5-7-16-8-6-14;1-8(2)14-4-3-10-11(13)5-9(7-15)6-12(10)14;1-3-15-11(13)7-8-6-9(14-2)4-5-10(8)12;1-13-7-2-3-8(10)6(4-7)5-9(11)12;1-6(10)8-5-7(12-2)3-4-9(8)11;1-3-6-4-2-5-1;1-2-3;;;1-5(2,3)4;/h2-4,9H,5-8,10H2,1H3;3-6,8,15H,7H2,1-2H3;4-6,12H,3,7H2,1-2H3;2-4,10H,5H2,1H3,(H,11,12);3-5,11H,1-2H3;5H,1-4H2;3H,2H2,1H3;1H4;;(H2,1,2,3,4);1H2/q;;;;;;;;+1;;/p-1. The Bertz CT molecular complexity index is 3090. The number of rotatable bonds is 14. The molecule has 28 heteroatoms. The number of thiocarbonyl (C=S) groups is 1. The number of hydrogen-bond acceptors (Lipinski definition) is 20. The van der Waals surface area contributed by atoms with Gasteiger partial charge in [0.1, 0.15) is 40.2 Å². The van der Waals surface area contributed by atoms with Gasteiger partial charge in [0.15, 0.2) is 5.78 Å². The number of aromatic hydroxyl groups is 3. The maximum atomic E-state index is 11.2. The number of carbonyl (C=O) groups is 3. The van der Waals surface area contributed by atoms with Crippen LogP contribution in [0.15, 0.2) is 108 Å². The van der Waals surface area contributed by atoms with Crippen LogP contribution in [0.25, 0.3) is 10.9 Å². The number of Topliss-reactive ketones (excluding diaryl/α,β-unsaturated/α-hetero) is 1. The van der Waals surface area contributed by atoms with Gasteiger partial charge in [-0.25, -0.2) is 0 Å². The number of phenolic OH excluding ortho intramolecular Hbond substituents is 3. The van der Waals surface area contributed by atoms with Crippen molar-refractivity contribution in [2.24, 2.45) is 0 Å². The summed E-state index contributed by atoms with van der Waals surface area (Å²) in [5, 5.41) is 57.6. The predicted molar refractivity (Wildman–Crippen MR) is 343 cm³/mol. The van der Waals surface area contributed by atoms with E-state index in [0.29, 0.717) is 41.0 Å². The molecule has 0 saturated carbocycles. The minimum atomic E-state index is -4.67. The third-order valence-electron chi connectivity index (χ3n) is 11.4. The van der Waals surface area contributed by atoms with E-state index in [2.05, 4.69) is 62.9 Å². The SMILES string of the molecule is C.C1COCCN1.CC(C)n1ccc2c(Br)cc(CO)cc21.CCO.CCOC(=O)Cc1cc(OC)ccc1O.COc1ccc(O)c(C(C)=O)c1.COc1ccc(O)c(CC(=O)O)c1.COc1cccc(CC(=S)N2CCOCC2)c1.O=S(=O)(O)O.[Na+].[OH-]. The molecule has 0 radical (unpaired) electrons. The van der Waals surface area contributed by atoms with Crippen LogP contribution in [0.5, 0.6) is 40.2 Å². The number of aliphatic hydroxyl groups excluding tert-OH is 2. The van der Waals surface area contributed by atoms with Crippen molar-refractivity contribution >= 4 is 72.2 Å². The number of hydrogen-bond donors (Lipinski definition) is 9. The zero-order valence-electron chi connectivity index (χ0n) is 51.3. The summed E-state index contributed by atoms with van der Waals surface area (Å²) < 4.78 is 69.9. The quantitative estimate of drug-likeness (QED) is 0.0201. The van der Waals surface area contributed by atoms with Gasteiger partial charge in [0, 0.05) is 77.9 Å². The third-order valence-corrected chi connectivity index (χ3v) is 12.5. The van der Waals surface area contributed by atoms with E-state index < -0.39 is 16.4 Å². The van der Waals surface area contributed by atoms with Crippen LogP contribution >= 0.6 is 28.1 Å². The van der Waals surface area contributed by atoms with Crippen molar-refractivity contribution in [3.63, 3.8) is 0 Å². The zero-order chi connectivity index (χ0) is 64.8. The molecule has 2 aliphatic rings. The Labute approximate surface area is 557 Å². The second kappa shape index (κ2) is 48.7. The molecule has 89 heavy (non-hydrogen) atoms. The van der Waals surface area contributed by atoms with E-state index in [1.54, 1.807) is 45.2 Å². The van der Waals surface area contributed by atoms with Crippen LogP contribution in [0.2, 0.25) is 0 Å². The van der Waals surface area contributed by atoms with E-state index in [1.807, 2.05) is 30.3 Å². The fourth-order valence-electron chi connectivity index (χ4n) is 7.33. The van der Waals surface area contributed by atoms with Gasteiger partial charge in [0.25, 0.3) is 0 Å². The van der Waals surface area contributed by atoms with Crippen LogP contribution in [-0.2, 0) is 60.1 Å². The topological polar surface area (TPSA) is 362 Å². The largest absolute Gasteiger partial charge is 1.00 e. The number of phenols is 3. The first-order valence-electron chi connectivity index (χ1n) is 26.7. The number of aliphatic hydroxyl groups is 2. The third kappa shape index (κ3) is 36.9. The molecule has 0 unspecified atom stereocenters. The molecule has 0 aliphatic carbocycles. The van der Waals surface area contributed by atoms with Crippen molar-refractivity contribution in [3.05, 3.63) is 136 Å². The van der Waals surface area contributed by atoms with Crippen molar-refractivity contribution < 1.29 is 131 Å². The van der Waals surface area contributed by atoms with Gasteiger partial charge in [0.2, 0.25) is 0 Å². The molecule has 0 bridgehead atoms. The number of esters is 1. The minimum Gasteiger partial charge on any atom is -0.870 e. The molecule has 5 aromatic carbocycles. The Morgan fingerprint density at radius 2 is 1.17 bits per heavy atom. The molecule has 0 spiro atoms. The van der Waals surface area contributed by atoms with Gasteiger partial charge in [-0.3, -0.25) is 23.5 Å². The number of methoxy groups -OCH3 is 4. The number of nitrogens with zero attached hydrogens (tertiary/aromatic N) is 2. The number of carboxylic acid groups (broad SMARTS) is 1. The van der Waals surface area contributed by atoms with Gasteiger partial charge in [-0.15, -0.1) is 0 Å². The molecule has 2 saturated heterocycles. The summed E-state index contributed by atoms with van der Waals surface area (Å²) >= 11 is 8.99. The van der Waals surface area contributed by atoms with E-state index >= 15 is 0 Å². The molecule has 8 rings (SSSR count). The number of morpholine rings is 2. The van der Waals surface area contributed by atoms with E-state index in [0.717, 1.165) is 79.8 Å². The van der Waals surface area contributed by atoms with Gasteiger partial charge in [-0.1, -0.05) is 47.7 Å². The Morgan fingerprint density at radius 3 is 1.60 bits per heavy atom. The van der Waals surface area contributed by atoms with Crippen LogP contribution in [0.3, 0.4) is 0 Å². The molecule has 10 N–H and O–H groups in total. The van der Waals surface area contributed by atoms with E-state index in [9.17, 15) is 29.7 Å². The van der Waals surface area contributed by atoms with Crippen LogP contribution < -0.4 is 53.8 Å². The minimum absolute atomic E-state index is 0. The monoisotopic (exact) mass is 1360 g/mol. The molecular formula is C61H87BrN3NaO21S2. The summed E-state index contributed by atoms with van der Waals surface area (Å²) in [6, 6.07) is 28.4. The summed E-state index contributed by atoms with van der Waals surface area (Å²) in [7, 11) is 1.53. The van der Waals surface area contributed by atoms with Crippen molar-refractivity contribution in [1.29, 1.82) is 0 Å². The normalized spacial score (nSPS) is 11.7. The molecule has 24 nitrogen and oxygen atoms in total. The van der Waals surface area contributed by atoms with Crippen LogP contribution in [0, 0.1) is 0 Å². The average Bonchev–Trinajstić information content (AvgIpc) is 3.55. The number of benzene rings is 5. The molecule has 2 fully saturated rings. The summed E-state index contributed by atoms with van der Waals surface area (Å²) in [5.74, 6) is 1.11. The summed E-state index contributed by atoms with van der Waals surface area (Å²) in [5.41, 5.74) is 4.45. The van der Waals surface area contributed by atoms with Gasteiger partial charge in [-0.2, -0.15) is 8.42 Å². The molecule has 3 heterocycles. The van der Waals surface area contributed by atoms with E-state index in [1.165, 1.54) is 75.1 Å². The predicted octanol–water partition coefficient (Wildman–Crippen LogP) is 5.93. The fraction of sp³-hybridized carbons (Fsp3) is 0.410. The van der Waals surface area contributed by atoms with E-state index in [-0.39, 0.29) is 103 Å². The van der Waals surface area contributed by atoms with Gasteiger partial charge >= 0.3 is 51.9 Å². The number of aromatic nitrogens is 1. The molecular weight excluding hydrogens is 1280 g/mol. The number of nitrogens with one attached hydrogen (secondary N) is 1. The Balaban J connectivity index is -0.000000980. The number of carbonyl (C=O) groups excluding carboxylic acids is 2. The van der Waals surface area contributed by atoms with E-state index in [4.69, 9.17) is 78.2 Å². The smallest absolute Gasteiger partial charge is 0.870 e. The van der Waals surface area contributed by atoms with Crippen LogP contribution in [-0.4, -0.2) is 180 Å². The number of ether oxygens (including phenoxy) is 7. The Morgan fingerprint density at radius 1 is 0.697 bits per heavy atom. The number of ketones is 1. The van der Waals surface area contributed by atoms with Gasteiger partial charge < -0.3 is 84.1 Å². The van der Waals surface area contributed by atoms with Crippen molar-refractivity contribution in [3.8, 4) is 40.2 Å². The number of aliphatic carboxylic acids is 1. The van der Waals surface area contributed by atoms with Crippen molar-refractivity contribution in [2.45, 2.75) is 74.0 Å². The molecule has 0 amide bonds. The molecule has 492 valence electrons. The maximum Gasteiger partial charge on any atom is 1.00 e. The zero-order valence-corrected chi connectivity index (χ0v) is 56.5. The van der Waals surface area contributed by atoms with Gasteiger partial charge in [0.05, 0.1) is 91.5 Å². The summed E-state index contributed by atoms with van der Waals surface area (Å²) in [4.78, 5) is 35.7. The Hall–Kier alpha value is -6.15. The second-order valence-electron chi connectivity index (χ2n) is 18.1. The summed E-state index contributed by atoms with van der Waals surface area (Å²) in [6.45, 7) is 17.0. The number of carboxylic acids is 1. The van der Waals surface area contributed by atoms with Crippen LogP contribution in [0.1, 0.15) is 80.7 Å². The first-order chi connectivity index (χ1) is 40.8. The fourth-order valence-corrected chi connectivity index (χ4v) is 8.30. The average molecular weight is 1370 g/mol. The molecule has 1 aromatic heterocycles. The number of halogens is 1. The molecule has 2 aliphatic heterocycles. The summed E-state index contributed by atoms with van der Waals surface area (Å²) in [6.07, 6.45) is 2.73. The first-order valence-corrected chi connectivity index (χ1v) is 29.3. The second-order valence-corrected chi connectivity index (χ2v) is 20.3. The maximum absolute atomic E-state index is 11.2. The van der Waals surface area contributed by atoms with Gasteiger partial charge in [-0.05, 0) is 131 Å². The molecule has 0 atom stereocenters. The van der Waals surface area contributed by atoms with Crippen molar-refractivity contribution in [1.82, 2.24) is 14.8 Å². The Kier molecular flexibility index (Phi) is 47.6. The number of fused-ring (bicyclic) bond motifs is 1. The molecule has 6 aromatic rings.